The van der Waals surface area contributed by atoms with Crippen molar-refractivity contribution >= 4 is 23.5 Å². The van der Waals surface area contributed by atoms with E-state index in [0.29, 0.717) is 22.3 Å². The molecule has 0 unspecified atom stereocenters. The van der Waals surface area contributed by atoms with Crippen molar-refractivity contribution in [3.8, 4) is 23.0 Å². The average molecular weight is 623 g/mol. The number of aryl methyl sites for hydroxylation is 2. The van der Waals surface area contributed by atoms with Crippen LogP contribution in [0.4, 0.5) is 0 Å². The van der Waals surface area contributed by atoms with E-state index < -0.39 is 18.2 Å². The van der Waals surface area contributed by atoms with Crippen LogP contribution in [0.2, 0.25) is 0 Å². The lowest BCUT2D eigenvalue weighted by Crippen LogP contribution is -2.23. The summed E-state index contributed by atoms with van der Waals surface area (Å²) in [6.45, 7) is 11.6. The highest BCUT2D eigenvalue weighted by atomic mass is 31.2. The number of ether oxygens (including phenoxy) is 6. The van der Waals surface area contributed by atoms with Gasteiger partial charge in [-0.15, -0.1) is 13.2 Å². The van der Waals surface area contributed by atoms with Gasteiger partial charge in [0.15, 0.2) is 0 Å². The zero-order valence-electron chi connectivity index (χ0n) is 26.1. The summed E-state index contributed by atoms with van der Waals surface area (Å²) >= 11 is 0. The fraction of sp³-hybridized carbons (Fsp3) is 0.294. The van der Waals surface area contributed by atoms with Crippen molar-refractivity contribution in [1.29, 1.82) is 0 Å². The molecule has 0 heterocycles. The normalized spacial score (nSPS) is 11.0. The van der Waals surface area contributed by atoms with Crippen molar-refractivity contribution in [1.82, 2.24) is 0 Å². The fourth-order valence-electron chi connectivity index (χ4n) is 4.90. The van der Waals surface area contributed by atoms with Crippen molar-refractivity contribution < 1.29 is 42.6 Å². The third-order valence-corrected chi connectivity index (χ3v) is 9.69. The Labute approximate surface area is 258 Å². The van der Waals surface area contributed by atoms with Gasteiger partial charge in [0.2, 0.25) is 18.2 Å². The van der Waals surface area contributed by atoms with E-state index >= 15 is 4.57 Å². The molecule has 0 saturated heterocycles. The summed E-state index contributed by atoms with van der Waals surface area (Å²) in [4.78, 5) is 29.6. The Bertz CT molecular complexity index is 1480. The van der Waals surface area contributed by atoms with Gasteiger partial charge in [0.1, 0.15) is 34.1 Å². The van der Waals surface area contributed by atoms with E-state index in [4.69, 9.17) is 28.4 Å². The molecule has 0 amide bonds. The number of hydrogen-bond acceptors (Lipinski definition) is 9. The van der Waals surface area contributed by atoms with E-state index in [-0.39, 0.29) is 65.9 Å². The molecular weight excluding hydrogens is 583 g/mol. The maximum Gasteiger partial charge on any atom is 0.249 e. The molecule has 3 aromatic rings. The first-order valence-corrected chi connectivity index (χ1v) is 15.5. The smallest absolute Gasteiger partial charge is 0.249 e. The highest BCUT2D eigenvalue weighted by molar-refractivity contribution is 8.01. The van der Waals surface area contributed by atoms with Crippen LogP contribution in [-0.2, 0) is 27.3 Å². The molecule has 0 atom stereocenters. The van der Waals surface area contributed by atoms with Crippen LogP contribution in [0.25, 0.3) is 0 Å². The largest absolute Gasteiger partial charge is 0.496 e. The Morgan fingerprint density at radius 3 is 1.45 bits per heavy atom. The van der Waals surface area contributed by atoms with Crippen molar-refractivity contribution in [3.63, 3.8) is 0 Å². The molecule has 0 bridgehead atoms. The number of hydrogen-bond donors (Lipinski definition) is 0. The van der Waals surface area contributed by atoms with E-state index in [2.05, 4.69) is 13.2 Å². The van der Waals surface area contributed by atoms with E-state index in [1.807, 2.05) is 13.8 Å². The van der Waals surface area contributed by atoms with Gasteiger partial charge in [0.25, 0.3) is 0 Å². The molecule has 0 aliphatic carbocycles. The minimum absolute atomic E-state index is 0.0262. The predicted octanol–water partition coefficient (Wildman–Crippen LogP) is 6.41. The Kier molecular flexibility index (Phi) is 12.1. The molecule has 0 radical (unpaired) electrons. The van der Waals surface area contributed by atoms with Gasteiger partial charge in [-0.1, -0.05) is 42.5 Å². The lowest BCUT2D eigenvalue weighted by molar-refractivity contribution is 0.103. The van der Waals surface area contributed by atoms with Gasteiger partial charge < -0.3 is 33.0 Å². The van der Waals surface area contributed by atoms with Crippen LogP contribution in [-0.4, -0.2) is 52.7 Å². The van der Waals surface area contributed by atoms with Crippen LogP contribution in [0.1, 0.15) is 43.0 Å². The highest BCUT2D eigenvalue weighted by Crippen LogP contribution is 2.57. The fourth-order valence-corrected chi connectivity index (χ4v) is 7.20. The average Bonchev–Trinajstić information content (AvgIpc) is 3.04. The third-order valence-electron chi connectivity index (χ3n) is 7.07. The summed E-state index contributed by atoms with van der Waals surface area (Å²) in [5.74, 6) is 0.395. The number of methoxy groups -OCH3 is 4. The molecule has 10 heteroatoms. The molecule has 0 spiro atoms. The first-order valence-electron chi connectivity index (χ1n) is 13.8. The van der Waals surface area contributed by atoms with Gasteiger partial charge in [-0.25, -0.2) is 0 Å². The molecular formula is C34H39O9P. The Balaban J connectivity index is 2.39. The minimum Gasteiger partial charge on any atom is -0.496 e. The zero-order valence-corrected chi connectivity index (χ0v) is 27.0. The first-order chi connectivity index (χ1) is 21.2. The Morgan fingerprint density at radius 1 is 0.705 bits per heavy atom. The van der Waals surface area contributed by atoms with Gasteiger partial charge in [0, 0.05) is 16.4 Å². The summed E-state index contributed by atoms with van der Waals surface area (Å²) in [6.07, 6.45) is 3.19. The van der Waals surface area contributed by atoms with Crippen LogP contribution in [0, 0.1) is 13.8 Å². The van der Waals surface area contributed by atoms with Gasteiger partial charge in [-0.3, -0.25) is 9.59 Å². The van der Waals surface area contributed by atoms with Crippen LogP contribution >= 0.6 is 7.14 Å². The summed E-state index contributed by atoms with van der Waals surface area (Å²) in [5.41, 5.74) is 0.284. The van der Waals surface area contributed by atoms with E-state index in [1.165, 1.54) is 40.6 Å². The van der Waals surface area contributed by atoms with E-state index in [9.17, 15) is 9.59 Å². The van der Waals surface area contributed by atoms with Gasteiger partial charge in [-0.05, 0) is 37.1 Å². The van der Waals surface area contributed by atoms with Crippen molar-refractivity contribution in [2.24, 2.45) is 0 Å². The number of carbonyl (C=O) groups is 2. The zero-order chi connectivity index (χ0) is 32.4. The molecule has 9 nitrogen and oxygen atoms in total. The molecule has 0 aromatic heterocycles. The standard InChI is InChI=1S/C34H39O9P/c1-9-16-42-20-25-22(3)18-27(38-5)29(31(25)40-7)33(35)44(37,24-14-12-11-13-15-24)34(36)30-28(39-6)19-23(4)26(32(30)41-8)21-43-17-10-2/h9-15,18-19H,1-2,16-17,20-21H2,3-8H3. The second-order valence-corrected chi connectivity index (χ2v) is 12.3. The third kappa shape index (κ3) is 6.65. The molecule has 3 rings (SSSR count). The topological polar surface area (TPSA) is 107 Å². The Hall–Kier alpha value is -4.17. The van der Waals surface area contributed by atoms with Crippen LogP contribution in [0.5, 0.6) is 23.0 Å². The summed E-state index contributed by atoms with van der Waals surface area (Å²) in [6, 6.07) is 11.2. The minimum atomic E-state index is -4.70. The van der Waals surface area contributed by atoms with Crippen LogP contribution < -0.4 is 24.3 Å². The molecule has 3 aromatic carbocycles. The SMILES string of the molecule is C=CCOCc1c(C)cc(OC)c(C(=O)P(=O)(C(=O)c2c(OC)cc(C)c(COCC=C)c2OC)c2ccccc2)c1OC. The molecule has 0 aliphatic rings. The number of benzene rings is 3. The van der Waals surface area contributed by atoms with Crippen molar-refractivity contribution in [2.75, 3.05) is 41.7 Å². The maximum absolute atomic E-state index is 15.4. The summed E-state index contributed by atoms with van der Waals surface area (Å²) in [7, 11) is 0.842. The van der Waals surface area contributed by atoms with Crippen molar-refractivity contribution in [2.45, 2.75) is 27.1 Å². The molecule has 0 saturated carbocycles. The number of rotatable bonds is 17. The van der Waals surface area contributed by atoms with Gasteiger partial charge in [-0.2, -0.15) is 0 Å². The summed E-state index contributed by atoms with van der Waals surface area (Å²) < 4.78 is 49.4. The van der Waals surface area contributed by atoms with E-state index in [1.54, 1.807) is 42.5 Å². The lowest BCUT2D eigenvalue weighted by atomic mass is 10.0. The number of carbonyl (C=O) groups excluding carboxylic acids is 2. The quantitative estimate of drug-likeness (QED) is 0.0959. The molecule has 0 N–H and O–H groups in total. The second-order valence-electron chi connectivity index (χ2n) is 9.73. The molecule has 44 heavy (non-hydrogen) atoms. The van der Waals surface area contributed by atoms with Gasteiger partial charge >= 0.3 is 0 Å². The molecule has 234 valence electrons. The van der Waals surface area contributed by atoms with E-state index in [0.717, 1.165) is 0 Å². The maximum atomic E-state index is 15.4. The highest BCUT2D eigenvalue weighted by Gasteiger charge is 2.48. The predicted molar refractivity (Wildman–Crippen MR) is 171 cm³/mol. The summed E-state index contributed by atoms with van der Waals surface area (Å²) in [5, 5.41) is 0.0262. The first kappa shape index (κ1) is 34.3. The Morgan fingerprint density at radius 2 is 1.11 bits per heavy atom. The van der Waals surface area contributed by atoms with Crippen LogP contribution in [0.15, 0.2) is 67.8 Å². The second kappa shape index (κ2) is 15.5. The monoisotopic (exact) mass is 622 g/mol. The van der Waals surface area contributed by atoms with Gasteiger partial charge in [0.05, 0.1) is 54.9 Å². The lowest BCUT2D eigenvalue weighted by Gasteiger charge is -2.24. The van der Waals surface area contributed by atoms with Crippen LogP contribution in [0.3, 0.4) is 0 Å². The van der Waals surface area contributed by atoms with Crippen molar-refractivity contribution in [3.05, 3.63) is 101 Å². The molecule has 0 fully saturated rings. The molecule has 0 aliphatic heterocycles.